The Bertz CT molecular complexity index is 493. The van der Waals surface area contributed by atoms with Crippen molar-refractivity contribution < 1.29 is 9.53 Å². The van der Waals surface area contributed by atoms with Gasteiger partial charge in [0.1, 0.15) is 11.0 Å². The third kappa shape index (κ3) is 2.84. The van der Waals surface area contributed by atoms with Crippen molar-refractivity contribution in [2.45, 2.75) is 25.8 Å². The van der Waals surface area contributed by atoms with Crippen molar-refractivity contribution in [1.29, 1.82) is 0 Å². The fourth-order valence-corrected chi connectivity index (χ4v) is 2.53. The van der Waals surface area contributed by atoms with Gasteiger partial charge in [0.05, 0.1) is 18.5 Å². The van der Waals surface area contributed by atoms with E-state index in [4.69, 9.17) is 22.7 Å². The van der Waals surface area contributed by atoms with Crippen LogP contribution in [-0.2, 0) is 9.53 Å². The molecule has 0 aliphatic carbocycles. The zero-order chi connectivity index (χ0) is 13.8. The van der Waals surface area contributed by atoms with Crippen molar-refractivity contribution in [2.24, 2.45) is 5.73 Å². The lowest BCUT2D eigenvalue weighted by Crippen LogP contribution is -2.38. The molecule has 2 N–H and O–H groups in total. The summed E-state index contributed by atoms with van der Waals surface area (Å²) in [5, 5.41) is 0. The molecule has 0 bridgehead atoms. The van der Waals surface area contributed by atoms with Crippen LogP contribution in [0.5, 0.6) is 0 Å². The van der Waals surface area contributed by atoms with E-state index >= 15 is 0 Å². The van der Waals surface area contributed by atoms with E-state index < -0.39 is 0 Å². The second kappa shape index (κ2) is 5.97. The topological polar surface area (TPSA) is 68.5 Å². The molecule has 1 aliphatic heterocycles. The Morgan fingerprint density at radius 2 is 2.47 bits per heavy atom. The number of aromatic nitrogens is 1. The van der Waals surface area contributed by atoms with Crippen LogP contribution in [0.15, 0.2) is 18.5 Å². The second-order valence-corrected chi connectivity index (χ2v) is 4.80. The van der Waals surface area contributed by atoms with E-state index in [2.05, 4.69) is 4.98 Å². The van der Waals surface area contributed by atoms with Crippen molar-refractivity contribution >= 4 is 28.9 Å². The number of carbonyl (C=O) groups excluding carboxylic acids is 1. The Kier molecular flexibility index (Phi) is 4.31. The molecule has 2 rings (SSSR count). The molecule has 0 amide bonds. The molecule has 0 radical (unpaired) electrons. The Balaban J connectivity index is 2.30. The number of esters is 1. The van der Waals surface area contributed by atoms with Crippen LogP contribution in [0.25, 0.3) is 0 Å². The Hall–Kier alpha value is -1.69. The van der Waals surface area contributed by atoms with Gasteiger partial charge in [0.25, 0.3) is 0 Å². The molecule has 1 aromatic rings. The summed E-state index contributed by atoms with van der Waals surface area (Å²) >= 11 is 5.05. The first kappa shape index (κ1) is 13.7. The predicted octanol–water partition coefficient (Wildman–Crippen LogP) is 1.25. The van der Waals surface area contributed by atoms with Crippen LogP contribution in [-0.4, -0.2) is 35.1 Å². The van der Waals surface area contributed by atoms with Crippen molar-refractivity contribution in [3.63, 3.8) is 0 Å². The number of anilines is 1. The van der Waals surface area contributed by atoms with Gasteiger partial charge in [-0.25, -0.2) is 4.79 Å². The highest BCUT2D eigenvalue weighted by Gasteiger charge is 2.33. The molecule has 0 aromatic carbocycles. The molecule has 0 spiro atoms. The van der Waals surface area contributed by atoms with Gasteiger partial charge in [-0.1, -0.05) is 12.2 Å². The zero-order valence-corrected chi connectivity index (χ0v) is 11.7. The molecule has 6 heteroatoms. The summed E-state index contributed by atoms with van der Waals surface area (Å²) in [7, 11) is 0. The maximum Gasteiger partial charge on any atom is 0.328 e. The summed E-state index contributed by atoms with van der Waals surface area (Å²) in [5.41, 5.74) is 7.29. The largest absolute Gasteiger partial charge is 0.464 e. The van der Waals surface area contributed by atoms with Crippen LogP contribution < -0.4 is 10.6 Å². The van der Waals surface area contributed by atoms with Gasteiger partial charge in [-0.15, -0.1) is 0 Å². The third-order valence-corrected chi connectivity index (χ3v) is 3.41. The minimum atomic E-state index is -0.266. The summed E-state index contributed by atoms with van der Waals surface area (Å²) in [6.45, 7) is 2.98. The maximum absolute atomic E-state index is 12.0. The highest BCUT2D eigenvalue weighted by Crippen LogP contribution is 2.28. The predicted molar refractivity (Wildman–Crippen MR) is 77.1 cm³/mol. The van der Waals surface area contributed by atoms with Crippen LogP contribution in [0.1, 0.15) is 25.3 Å². The molecule has 1 atom stereocenters. The van der Waals surface area contributed by atoms with Gasteiger partial charge in [-0.05, 0) is 25.8 Å². The average molecular weight is 279 g/mol. The number of carbonyl (C=O) groups is 1. The fourth-order valence-electron chi connectivity index (χ4n) is 2.36. The van der Waals surface area contributed by atoms with E-state index in [1.165, 1.54) is 0 Å². The minimum absolute atomic E-state index is 0.197. The Morgan fingerprint density at radius 3 is 3.16 bits per heavy atom. The van der Waals surface area contributed by atoms with Crippen molar-refractivity contribution in [2.75, 3.05) is 18.1 Å². The Labute approximate surface area is 117 Å². The van der Waals surface area contributed by atoms with Crippen LogP contribution >= 0.6 is 12.2 Å². The van der Waals surface area contributed by atoms with Gasteiger partial charge >= 0.3 is 5.97 Å². The number of nitrogens with zero attached hydrogens (tertiary/aromatic N) is 2. The SMILES string of the molecule is CCOC(=O)C1CCCN1c1cnccc1C(N)=S. The van der Waals surface area contributed by atoms with Crippen LogP contribution in [0.4, 0.5) is 5.69 Å². The molecule has 1 saturated heterocycles. The normalized spacial score (nSPS) is 18.4. The molecule has 1 aromatic heterocycles. The molecule has 2 heterocycles. The fraction of sp³-hybridized carbons (Fsp3) is 0.462. The molecular formula is C13H17N3O2S. The number of hydrogen-bond donors (Lipinski definition) is 1. The van der Waals surface area contributed by atoms with Gasteiger partial charge in [0, 0.05) is 18.3 Å². The summed E-state index contributed by atoms with van der Waals surface area (Å²) in [6, 6.07) is 1.51. The van der Waals surface area contributed by atoms with Crippen molar-refractivity contribution in [3.05, 3.63) is 24.0 Å². The molecule has 19 heavy (non-hydrogen) atoms. The van der Waals surface area contributed by atoms with Gasteiger partial charge in [0.2, 0.25) is 0 Å². The first-order chi connectivity index (χ1) is 9.15. The van der Waals surface area contributed by atoms with E-state index in [0.29, 0.717) is 11.6 Å². The summed E-state index contributed by atoms with van der Waals surface area (Å²) < 4.78 is 5.11. The smallest absolute Gasteiger partial charge is 0.328 e. The number of hydrogen-bond acceptors (Lipinski definition) is 5. The van der Waals surface area contributed by atoms with Crippen molar-refractivity contribution in [1.82, 2.24) is 4.98 Å². The number of thiocarbonyl (C=S) groups is 1. The highest BCUT2D eigenvalue weighted by atomic mass is 32.1. The van der Waals surface area contributed by atoms with Crippen LogP contribution in [0, 0.1) is 0 Å². The zero-order valence-electron chi connectivity index (χ0n) is 10.8. The average Bonchev–Trinajstić information content (AvgIpc) is 2.88. The van der Waals surface area contributed by atoms with Gasteiger partial charge < -0.3 is 15.4 Å². The number of ether oxygens (including phenoxy) is 1. The van der Waals surface area contributed by atoms with E-state index in [9.17, 15) is 4.79 Å². The molecule has 0 saturated carbocycles. The third-order valence-electron chi connectivity index (χ3n) is 3.19. The molecule has 102 valence electrons. The molecule has 1 aliphatic rings. The first-order valence-electron chi connectivity index (χ1n) is 6.32. The Morgan fingerprint density at radius 1 is 1.68 bits per heavy atom. The van der Waals surface area contributed by atoms with Crippen LogP contribution in [0.3, 0.4) is 0 Å². The summed E-state index contributed by atoms with van der Waals surface area (Å²) in [5.74, 6) is -0.197. The standard InChI is InChI=1S/C13H17N3O2S/c1-2-18-13(17)10-4-3-7-16(10)11-8-15-6-5-9(11)12(14)19/h5-6,8,10H,2-4,7H2,1H3,(H2,14,19). The summed E-state index contributed by atoms with van der Waals surface area (Å²) in [6.07, 6.45) is 5.07. The maximum atomic E-state index is 12.0. The minimum Gasteiger partial charge on any atom is -0.464 e. The molecule has 1 fully saturated rings. The van der Waals surface area contributed by atoms with Crippen LogP contribution in [0.2, 0.25) is 0 Å². The van der Waals surface area contributed by atoms with E-state index in [1.807, 2.05) is 11.8 Å². The first-order valence-corrected chi connectivity index (χ1v) is 6.73. The van der Waals surface area contributed by atoms with E-state index in [0.717, 1.165) is 30.6 Å². The highest BCUT2D eigenvalue weighted by molar-refractivity contribution is 7.80. The summed E-state index contributed by atoms with van der Waals surface area (Å²) in [4.78, 5) is 18.4. The lowest BCUT2D eigenvalue weighted by molar-refractivity contribution is -0.144. The van der Waals surface area contributed by atoms with E-state index in [-0.39, 0.29) is 12.0 Å². The lowest BCUT2D eigenvalue weighted by atomic mass is 10.1. The second-order valence-electron chi connectivity index (χ2n) is 4.36. The molecule has 1 unspecified atom stereocenters. The van der Waals surface area contributed by atoms with Crippen molar-refractivity contribution in [3.8, 4) is 0 Å². The number of rotatable bonds is 4. The lowest BCUT2D eigenvalue weighted by Gasteiger charge is -2.26. The van der Waals surface area contributed by atoms with Gasteiger partial charge in [0.15, 0.2) is 0 Å². The molecular weight excluding hydrogens is 262 g/mol. The monoisotopic (exact) mass is 279 g/mol. The van der Waals surface area contributed by atoms with Gasteiger partial charge in [-0.2, -0.15) is 0 Å². The van der Waals surface area contributed by atoms with Gasteiger partial charge in [-0.3, -0.25) is 4.98 Å². The quantitative estimate of drug-likeness (QED) is 0.661. The number of nitrogens with two attached hydrogens (primary N) is 1. The number of pyridine rings is 1. The van der Waals surface area contributed by atoms with E-state index in [1.54, 1.807) is 18.5 Å². The molecule has 5 nitrogen and oxygen atoms in total.